The molecule has 0 aliphatic carbocycles. The number of pyridine rings is 2. The molecule has 2 aromatic rings. The molecule has 4 rings (SSSR count). The lowest BCUT2D eigenvalue weighted by Gasteiger charge is -2.03. The first-order chi connectivity index (χ1) is 10.1. The minimum Gasteiger partial charge on any atom is -0.427 e. The summed E-state index contributed by atoms with van der Waals surface area (Å²) in [6.45, 7) is 0. The van der Waals surface area contributed by atoms with Gasteiger partial charge in [0.05, 0.1) is 6.20 Å². The number of nitrogens with one attached hydrogen (secondary N) is 1. The zero-order valence-corrected chi connectivity index (χ0v) is 13.8. The SMILES string of the molecule is Brc1cnc2[nH]ccc2c1.On1cc(Br)cc2ccnc1-2. The summed E-state index contributed by atoms with van der Waals surface area (Å²) in [7, 11) is 0. The van der Waals surface area contributed by atoms with Gasteiger partial charge in [-0.25, -0.2) is 9.97 Å². The van der Waals surface area contributed by atoms with E-state index in [9.17, 15) is 5.21 Å². The fourth-order valence-electron chi connectivity index (χ4n) is 1.92. The summed E-state index contributed by atoms with van der Waals surface area (Å²) in [5.74, 6) is 0.577. The van der Waals surface area contributed by atoms with Crippen molar-refractivity contribution in [3.8, 4) is 11.4 Å². The Balaban J connectivity index is 0.000000126. The Kier molecular flexibility index (Phi) is 3.94. The standard InChI is InChI=1S/C7H5BrN2O.C7H5BrN2/c8-6-3-5-1-2-9-7(5)10(11)4-6;8-6-3-5-1-2-9-7(5)10-4-6/h1-4,11H;1-4H,(H,9,10). The molecule has 106 valence electrons. The summed E-state index contributed by atoms with van der Waals surface area (Å²) in [4.78, 5) is 11.1. The summed E-state index contributed by atoms with van der Waals surface area (Å²) in [6, 6.07) is 7.76. The van der Waals surface area contributed by atoms with Gasteiger partial charge in [0.25, 0.3) is 0 Å². The van der Waals surface area contributed by atoms with Crippen LogP contribution < -0.4 is 0 Å². The van der Waals surface area contributed by atoms with Crippen molar-refractivity contribution in [3.63, 3.8) is 0 Å². The van der Waals surface area contributed by atoms with E-state index >= 15 is 0 Å². The molecule has 0 bridgehead atoms. The molecule has 2 aliphatic rings. The van der Waals surface area contributed by atoms with E-state index in [0.29, 0.717) is 5.82 Å². The number of aromatic nitrogens is 4. The van der Waals surface area contributed by atoms with Crippen LogP contribution in [0.15, 0.2) is 58.0 Å². The summed E-state index contributed by atoms with van der Waals surface area (Å²) in [5.41, 5.74) is 1.85. The van der Waals surface area contributed by atoms with Crippen LogP contribution >= 0.6 is 31.9 Å². The second kappa shape index (κ2) is 5.87. The molecule has 2 N–H and O–H groups in total. The first-order valence-corrected chi connectivity index (χ1v) is 7.62. The van der Waals surface area contributed by atoms with Crippen LogP contribution in [0.5, 0.6) is 0 Å². The lowest BCUT2D eigenvalue weighted by Crippen LogP contribution is -1.97. The normalized spacial score (nSPS) is 10.6. The number of H-pyrrole nitrogens is 1. The molecule has 0 aromatic carbocycles. The molecule has 4 heterocycles. The molecule has 7 heteroatoms. The second-order valence-electron chi connectivity index (χ2n) is 4.30. The van der Waals surface area contributed by atoms with E-state index in [1.54, 1.807) is 18.6 Å². The molecule has 0 fully saturated rings. The van der Waals surface area contributed by atoms with Gasteiger partial charge in [0, 0.05) is 38.5 Å². The van der Waals surface area contributed by atoms with Gasteiger partial charge in [-0.1, -0.05) is 0 Å². The predicted octanol–water partition coefficient (Wildman–Crippen LogP) is 4.31. The van der Waals surface area contributed by atoms with Gasteiger partial charge in [0.1, 0.15) is 5.65 Å². The number of halogens is 2. The molecule has 0 saturated carbocycles. The quantitative estimate of drug-likeness (QED) is 0.425. The first-order valence-electron chi connectivity index (χ1n) is 6.04. The van der Waals surface area contributed by atoms with Crippen molar-refractivity contribution >= 4 is 42.9 Å². The van der Waals surface area contributed by atoms with E-state index in [4.69, 9.17) is 0 Å². The third-order valence-corrected chi connectivity index (χ3v) is 3.70. The van der Waals surface area contributed by atoms with Gasteiger partial charge < -0.3 is 10.2 Å². The molecule has 21 heavy (non-hydrogen) atoms. The molecule has 0 radical (unpaired) electrons. The van der Waals surface area contributed by atoms with Crippen LogP contribution in [0.25, 0.3) is 22.4 Å². The third kappa shape index (κ3) is 3.08. The Morgan fingerprint density at radius 1 is 1.10 bits per heavy atom. The first kappa shape index (κ1) is 14.1. The highest BCUT2D eigenvalue weighted by Gasteiger charge is 2.07. The minimum absolute atomic E-state index is 0.577. The average Bonchev–Trinajstić information content (AvgIpc) is 3.06. The zero-order chi connectivity index (χ0) is 14.8. The van der Waals surface area contributed by atoms with Crippen LogP contribution in [0.3, 0.4) is 0 Å². The second-order valence-corrected chi connectivity index (χ2v) is 6.13. The maximum atomic E-state index is 9.27. The highest BCUT2D eigenvalue weighted by Crippen LogP contribution is 2.23. The van der Waals surface area contributed by atoms with Crippen LogP contribution in [-0.2, 0) is 0 Å². The van der Waals surface area contributed by atoms with Gasteiger partial charge in [-0.15, -0.1) is 0 Å². The molecule has 0 saturated heterocycles. The highest BCUT2D eigenvalue weighted by molar-refractivity contribution is 9.10. The van der Waals surface area contributed by atoms with Crippen molar-refractivity contribution in [2.75, 3.05) is 0 Å². The molecule has 0 atom stereocenters. The van der Waals surface area contributed by atoms with Crippen molar-refractivity contribution in [3.05, 3.63) is 58.0 Å². The van der Waals surface area contributed by atoms with Crippen molar-refractivity contribution < 1.29 is 5.21 Å². The fourth-order valence-corrected chi connectivity index (χ4v) is 2.71. The molecular weight excluding hydrogens is 400 g/mol. The topological polar surface area (TPSA) is 66.7 Å². The summed E-state index contributed by atoms with van der Waals surface area (Å²) in [5, 5.41) is 10.4. The molecule has 2 aliphatic heterocycles. The predicted molar refractivity (Wildman–Crippen MR) is 87.5 cm³/mol. The van der Waals surface area contributed by atoms with Crippen molar-refractivity contribution in [1.29, 1.82) is 0 Å². The number of hydrogen-bond acceptors (Lipinski definition) is 3. The van der Waals surface area contributed by atoms with Gasteiger partial charge in [-0.3, -0.25) is 0 Å². The Morgan fingerprint density at radius 3 is 2.81 bits per heavy atom. The van der Waals surface area contributed by atoms with Crippen molar-refractivity contribution in [1.82, 2.24) is 19.7 Å². The van der Waals surface area contributed by atoms with Crippen LogP contribution in [0.1, 0.15) is 0 Å². The van der Waals surface area contributed by atoms with Crippen LogP contribution in [0.4, 0.5) is 0 Å². The van der Waals surface area contributed by atoms with E-state index < -0.39 is 0 Å². The van der Waals surface area contributed by atoms with Gasteiger partial charge in [0.15, 0.2) is 5.82 Å². The van der Waals surface area contributed by atoms with E-state index in [-0.39, 0.29) is 0 Å². The van der Waals surface area contributed by atoms with Gasteiger partial charge in [-0.05, 0) is 56.1 Å². The molecule has 0 amide bonds. The molecule has 0 unspecified atom stereocenters. The molecular formula is C14H10Br2N4O. The highest BCUT2D eigenvalue weighted by atomic mass is 79.9. The minimum atomic E-state index is 0.577. The van der Waals surface area contributed by atoms with Crippen molar-refractivity contribution in [2.45, 2.75) is 0 Å². The summed E-state index contributed by atoms with van der Waals surface area (Å²) in [6.07, 6.45) is 6.86. The Bertz CT molecular complexity index is 855. The van der Waals surface area contributed by atoms with E-state index in [2.05, 4.69) is 46.8 Å². The monoisotopic (exact) mass is 408 g/mol. The van der Waals surface area contributed by atoms with E-state index in [0.717, 1.165) is 30.3 Å². The number of rotatable bonds is 0. The zero-order valence-electron chi connectivity index (χ0n) is 10.7. The largest absolute Gasteiger partial charge is 0.427 e. The van der Waals surface area contributed by atoms with Gasteiger partial charge >= 0.3 is 0 Å². The number of nitrogens with zero attached hydrogens (tertiary/aromatic N) is 3. The third-order valence-electron chi connectivity index (χ3n) is 2.83. The lowest BCUT2D eigenvalue weighted by molar-refractivity contribution is 0.186. The molecule has 5 nitrogen and oxygen atoms in total. The van der Waals surface area contributed by atoms with Crippen LogP contribution in [0.2, 0.25) is 0 Å². The van der Waals surface area contributed by atoms with Crippen LogP contribution in [0, 0.1) is 0 Å². The summed E-state index contributed by atoms with van der Waals surface area (Å²) < 4.78 is 2.85. The van der Waals surface area contributed by atoms with Gasteiger partial charge in [0.2, 0.25) is 0 Å². The number of aromatic amines is 1. The lowest BCUT2D eigenvalue weighted by atomic mass is 10.3. The van der Waals surface area contributed by atoms with E-state index in [1.165, 1.54) is 0 Å². The average molecular weight is 410 g/mol. The number of fused-ring (bicyclic) bond motifs is 2. The van der Waals surface area contributed by atoms with Crippen molar-refractivity contribution in [2.24, 2.45) is 0 Å². The molecule has 2 aromatic heterocycles. The maximum absolute atomic E-state index is 9.27. The molecule has 0 spiro atoms. The van der Waals surface area contributed by atoms with E-state index in [1.807, 2.05) is 30.5 Å². The Labute approximate surface area is 137 Å². The summed E-state index contributed by atoms with van der Waals surface area (Å²) >= 11 is 6.60. The maximum Gasteiger partial charge on any atom is 0.175 e. The number of hydrogen-bond donors (Lipinski definition) is 2. The smallest absolute Gasteiger partial charge is 0.175 e. The Morgan fingerprint density at radius 2 is 1.95 bits per heavy atom. The van der Waals surface area contributed by atoms with Crippen LogP contribution in [-0.4, -0.2) is 24.9 Å². The van der Waals surface area contributed by atoms with Gasteiger partial charge in [-0.2, -0.15) is 4.73 Å². The Hall–Kier alpha value is -1.86. The fraction of sp³-hybridized carbons (Fsp3) is 0.